The Kier molecular flexibility index (Phi) is 7.33. The number of rotatable bonds is 6. The zero-order chi connectivity index (χ0) is 22.6. The first-order valence-electron chi connectivity index (χ1n) is 10.7. The first kappa shape index (κ1) is 23.2. The summed E-state index contributed by atoms with van der Waals surface area (Å²) in [7, 11) is 1.52. The maximum absolute atomic E-state index is 14.5. The Balaban J connectivity index is 1.55. The van der Waals surface area contributed by atoms with Crippen LogP contribution in [0.2, 0.25) is 0 Å². The van der Waals surface area contributed by atoms with Crippen LogP contribution in [0.25, 0.3) is 10.9 Å². The zero-order valence-electron chi connectivity index (χ0n) is 18.7. The van der Waals surface area contributed by atoms with Crippen LogP contribution >= 0.6 is 0 Å². The van der Waals surface area contributed by atoms with Gasteiger partial charge in [-0.1, -0.05) is 0 Å². The molecule has 1 amide bonds. The number of nitrogens with one attached hydrogen (secondary N) is 1. The molecule has 7 nitrogen and oxygen atoms in total. The highest BCUT2D eigenvalue weighted by molar-refractivity contribution is 5.82. The van der Waals surface area contributed by atoms with Gasteiger partial charge in [-0.2, -0.15) is 0 Å². The predicted octanol–water partition coefficient (Wildman–Crippen LogP) is 3.28. The van der Waals surface area contributed by atoms with Crippen molar-refractivity contribution in [2.75, 3.05) is 26.7 Å². The predicted molar refractivity (Wildman–Crippen MR) is 117 cm³/mol. The lowest BCUT2D eigenvalue weighted by molar-refractivity contribution is 0.0459. The highest BCUT2D eigenvalue weighted by Crippen LogP contribution is 2.24. The van der Waals surface area contributed by atoms with Crippen LogP contribution < -0.4 is 10.1 Å². The third kappa shape index (κ3) is 6.51. The maximum atomic E-state index is 14.5. The molecule has 1 aliphatic rings. The van der Waals surface area contributed by atoms with Crippen molar-refractivity contribution in [3.8, 4) is 5.88 Å². The first-order chi connectivity index (χ1) is 14.6. The third-order valence-electron chi connectivity index (χ3n) is 5.31. The molecule has 0 aliphatic carbocycles. The largest absolute Gasteiger partial charge is 0.481 e. The molecular formula is C23H32FN3O4. The second kappa shape index (κ2) is 9.78. The minimum Gasteiger partial charge on any atom is -0.481 e. The molecule has 2 heterocycles. The van der Waals surface area contributed by atoms with Crippen molar-refractivity contribution in [1.82, 2.24) is 15.2 Å². The van der Waals surface area contributed by atoms with Gasteiger partial charge in [0.05, 0.1) is 18.7 Å². The Labute approximate surface area is 182 Å². The molecule has 1 aromatic heterocycles. The molecule has 0 radical (unpaired) electrons. The number of alkyl carbamates (subject to hydrolysis) is 1. The average Bonchev–Trinajstić information content (AvgIpc) is 2.70. The Morgan fingerprint density at radius 2 is 1.97 bits per heavy atom. The van der Waals surface area contributed by atoms with Crippen LogP contribution in [0.4, 0.5) is 9.18 Å². The molecule has 1 atom stereocenters. The first-order valence-corrected chi connectivity index (χ1v) is 10.7. The van der Waals surface area contributed by atoms with E-state index in [0.717, 1.165) is 31.3 Å². The number of hydrogen-bond acceptors (Lipinski definition) is 6. The van der Waals surface area contributed by atoms with Crippen LogP contribution in [0.15, 0.2) is 24.3 Å². The van der Waals surface area contributed by atoms with E-state index in [2.05, 4.69) is 15.2 Å². The molecule has 1 unspecified atom stereocenters. The highest BCUT2D eigenvalue weighted by Gasteiger charge is 2.25. The average molecular weight is 434 g/mol. The van der Waals surface area contributed by atoms with E-state index in [9.17, 15) is 14.3 Å². The molecule has 1 aromatic carbocycles. The number of fused-ring (bicyclic) bond motifs is 1. The Morgan fingerprint density at radius 3 is 2.61 bits per heavy atom. The van der Waals surface area contributed by atoms with Gasteiger partial charge < -0.3 is 24.8 Å². The van der Waals surface area contributed by atoms with Gasteiger partial charge in [-0.25, -0.2) is 14.2 Å². The van der Waals surface area contributed by atoms with Gasteiger partial charge in [0, 0.05) is 49.1 Å². The normalized spacial score (nSPS) is 16.8. The summed E-state index contributed by atoms with van der Waals surface area (Å²) in [5, 5.41) is 14.4. The van der Waals surface area contributed by atoms with E-state index in [1.165, 1.54) is 13.2 Å². The summed E-state index contributed by atoms with van der Waals surface area (Å²) in [5.41, 5.74) is 0.383. The number of halogens is 1. The topological polar surface area (TPSA) is 83.9 Å². The summed E-state index contributed by atoms with van der Waals surface area (Å²) in [5.74, 6) is 0.0287. The molecule has 1 saturated heterocycles. The van der Waals surface area contributed by atoms with Gasteiger partial charge in [0.2, 0.25) is 5.88 Å². The fourth-order valence-corrected chi connectivity index (χ4v) is 3.85. The Morgan fingerprint density at radius 1 is 1.29 bits per heavy atom. The van der Waals surface area contributed by atoms with E-state index in [0.29, 0.717) is 23.5 Å². The number of carbonyl (C=O) groups is 1. The molecule has 1 fully saturated rings. The Bertz CT molecular complexity index is 908. The minimum atomic E-state index is -0.733. The fourth-order valence-electron chi connectivity index (χ4n) is 3.85. The summed E-state index contributed by atoms with van der Waals surface area (Å²) in [6.07, 6.45) is 0.573. The summed E-state index contributed by atoms with van der Waals surface area (Å²) < 4.78 is 25.0. The monoisotopic (exact) mass is 433 g/mol. The van der Waals surface area contributed by atoms with E-state index >= 15 is 0 Å². The van der Waals surface area contributed by atoms with Gasteiger partial charge in [-0.15, -0.1) is 0 Å². The second-order valence-electron chi connectivity index (χ2n) is 9.03. The summed E-state index contributed by atoms with van der Waals surface area (Å²) >= 11 is 0. The second-order valence-corrected chi connectivity index (χ2v) is 9.03. The van der Waals surface area contributed by atoms with Crippen molar-refractivity contribution in [1.29, 1.82) is 0 Å². The minimum absolute atomic E-state index is 0.0513. The maximum Gasteiger partial charge on any atom is 0.407 e. The summed E-state index contributed by atoms with van der Waals surface area (Å²) in [6.45, 7) is 7.41. The van der Waals surface area contributed by atoms with Gasteiger partial charge in [0.1, 0.15) is 11.4 Å². The number of aliphatic hydroxyl groups excluding tert-OH is 1. The lowest BCUT2D eigenvalue weighted by atomic mass is 10.0. The Hall–Kier alpha value is -2.45. The molecule has 1 aliphatic heterocycles. The standard InChI is InChI=1S/C23H32FN3O4/c1-23(2,3)31-22(29)25-16-9-11-27(12-10-16)14-17(28)13-18-19(24)7-5-15-6-8-20(30-4)26-21(15)18/h5-8,16-17,28H,9-14H2,1-4H3,(H,25,29). The molecule has 170 valence electrons. The summed E-state index contributed by atoms with van der Waals surface area (Å²) in [6, 6.07) is 6.70. The number of likely N-dealkylation sites (tertiary alicyclic amines) is 1. The number of hydrogen-bond donors (Lipinski definition) is 2. The molecule has 0 bridgehead atoms. The molecular weight excluding hydrogens is 401 g/mol. The van der Waals surface area contributed by atoms with Crippen molar-refractivity contribution in [3.05, 3.63) is 35.6 Å². The number of aromatic nitrogens is 1. The van der Waals surface area contributed by atoms with Crippen LogP contribution in [0.5, 0.6) is 5.88 Å². The molecule has 3 rings (SSSR count). The molecule has 0 spiro atoms. The quantitative estimate of drug-likeness (QED) is 0.728. The smallest absolute Gasteiger partial charge is 0.407 e. The van der Waals surface area contributed by atoms with Crippen LogP contribution in [0, 0.1) is 5.82 Å². The zero-order valence-corrected chi connectivity index (χ0v) is 18.7. The van der Waals surface area contributed by atoms with Gasteiger partial charge in [-0.3, -0.25) is 0 Å². The molecule has 2 aromatic rings. The van der Waals surface area contributed by atoms with Gasteiger partial charge in [0.15, 0.2) is 0 Å². The summed E-state index contributed by atoms with van der Waals surface area (Å²) in [4.78, 5) is 18.4. The number of aliphatic hydroxyl groups is 1. The lowest BCUT2D eigenvalue weighted by Gasteiger charge is -2.33. The van der Waals surface area contributed by atoms with E-state index in [1.807, 2.05) is 26.8 Å². The van der Waals surface area contributed by atoms with Crippen LogP contribution in [-0.2, 0) is 11.2 Å². The fraction of sp³-hybridized carbons (Fsp3) is 0.565. The van der Waals surface area contributed by atoms with Gasteiger partial charge >= 0.3 is 6.09 Å². The third-order valence-corrected chi connectivity index (χ3v) is 5.31. The van der Waals surface area contributed by atoms with Crippen molar-refractivity contribution in [2.45, 2.75) is 57.8 Å². The van der Waals surface area contributed by atoms with Crippen LogP contribution in [0.1, 0.15) is 39.2 Å². The van der Waals surface area contributed by atoms with Crippen LogP contribution in [-0.4, -0.2) is 65.6 Å². The number of β-amino-alcohol motifs (C(OH)–C–C–N with tert-alkyl or cyclic N) is 1. The lowest BCUT2D eigenvalue weighted by Crippen LogP contribution is -2.47. The van der Waals surface area contributed by atoms with Crippen molar-refractivity contribution < 1.29 is 23.8 Å². The molecule has 2 N–H and O–H groups in total. The van der Waals surface area contributed by atoms with E-state index < -0.39 is 17.8 Å². The number of benzene rings is 1. The molecule has 8 heteroatoms. The van der Waals surface area contributed by atoms with Crippen molar-refractivity contribution >= 4 is 17.0 Å². The number of methoxy groups -OCH3 is 1. The number of nitrogens with zero attached hydrogens (tertiary/aromatic N) is 2. The number of ether oxygens (including phenoxy) is 2. The van der Waals surface area contributed by atoms with Gasteiger partial charge in [0.25, 0.3) is 0 Å². The van der Waals surface area contributed by atoms with E-state index in [1.54, 1.807) is 12.1 Å². The van der Waals surface area contributed by atoms with Gasteiger partial charge in [-0.05, 0) is 51.8 Å². The molecule has 31 heavy (non-hydrogen) atoms. The van der Waals surface area contributed by atoms with E-state index in [-0.39, 0.29) is 18.3 Å². The van der Waals surface area contributed by atoms with Crippen molar-refractivity contribution in [2.24, 2.45) is 0 Å². The van der Waals surface area contributed by atoms with E-state index in [4.69, 9.17) is 9.47 Å². The number of amides is 1. The number of piperidine rings is 1. The van der Waals surface area contributed by atoms with Crippen molar-refractivity contribution in [3.63, 3.8) is 0 Å². The molecule has 0 saturated carbocycles. The number of carbonyl (C=O) groups excluding carboxylic acids is 1. The number of pyridine rings is 1. The van der Waals surface area contributed by atoms with Crippen LogP contribution in [0.3, 0.4) is 0 Å². The highest BCUT2D eigenvalue weighted by atomic mass is 19.1. The SMILES string of the molecule is COc1ccc2ccc(F)c(CC(O)CN3CCC(NC(=O)OC(C)(C)C)CC3)c2n1.